The Morgan fingerprint density at radius 3 is 2.19 bits per heavy atom. The van der Waals surface area contributed by atoms with Crippen LogP contribution in [0.15, 0.2) is 70.5 Å². The van der Waals surface area contributed by atoms with Gasteiger partial charge in [0.25, 0.3) is 0 Å². The van der Waals surface area contributed by atoms with Crippen molar-refractivity contribution < 1.29 is 0 Å². The van der Waals surface area contributed by atoms with E-state index in [1.165, 1.54) is 26.7 Å². The van der Waals surface area contributed by atoms with E-state index in [1.54, 1.807) is 0 Å². The number of hydrogen-bond donors (Lipinski definition) is 1. The van der Waals surface area contributed by atoms with Gasteiger partial charge in [-0.2, -0.15) is 0 Å². The lowest BCUT2D eigenvalue weighted by atomic mass is 10.2. The van der Waals surface area contributed by atoms with Crippen LogP contribution < -0.4 is 10.2 Å². The van der Waals surface area contributed by atoms with Crippen molar-refractivity contribution in [2.24, 2.45) is 0 Å². The number of likely N-dealkylation sites (N-methyl/N-ethyl adjacent to an activating group) is 1. The van der Waals surface area contributed by atoms with Crippen LogP contribution in [0, 0.1) is 0 Å². The number of para-hydroxylation sites is 2. The van der Waals surface area contributed by atoms with Gasteiger partial charge < -0.3 is 10.2 Å². The predicted octanol–water partition coefficient (Wildman–Crippen LogP) is 4.46. The molecule has 0 unspecified atom stereocenters. The summed E-state index contributed by atoms with van der Waals surface area (Å²) in [6.07, 6.45) is 0. The zero-order chi connectivity index (χ0) is 14.7. The Morgan fingerprint density at radius 1 is 1.05 bits per heavy atom. The second-order valence-corrected chi connectivity index (χ2v) is 6.24. The van der Waals surface area contributed by atoms with Gasteiger partial charge >= 0.3 is 0 Å². The summed E-state index contributed by atoms with van der Waals surface area (Å²) in [5.41, 5.74) is 3.76. The van der Waals surface area contributed by atoms with Crippen LogP contribution in [0.5, 0.6) is 0 Å². The zero-order valence-corrected chi connectivity index (χ0v) is 13.1. The number of anilines is 2. The Hall–Kier alpha value is -1.71. The molecule has 108 valence electrons. The Balaban J connectivity index is 1.93. The largest absolute Gasteiger partial charge is 0.335 e. The molecule has 2 aromatic carbocycles. The van der Waals surface area contributed by atoms with Crippen molar-refractivity contribution in [3.8, 4) is 0 Å². The van der Waals surface area contributed by atoms with Crippen LogP contribution in [0.25, 0.3) is 0 Å². The van der Waals surface area contributed by atoms with E-state index in [4.69, 9.17) is 0 Å². The van der Waals surface area contributed by atoms with Crippen LogP contribution in [0.2, 0.25) is 0 Å². The second-order valence-electron chi connectivity index (χ2n) is 5.15. The van der Waals surface area contributed by atoms with Crippen molar-refractivity contribution in [1.82, 2.24) is 5.32 Å². The Kier molecular flexibility index (Phi) is 4.32. The van der Waals surface area contributed by atoms with Crippen LogP contribution in [0.3, 0.4) is 0 Å². The Bertz CT molecular complexity index is 606. The molecule has 3 rings (SSSR count). The summed E-state index contributed by atoms with van der Waals surface area (Å²) in [5.74, 6) is 0. The molecule has 1 aliphatic rings. The molecule has 1 N–H and O–H groups in total. The molecular weight excluding hydrogens is 276 g/mol. The fourth-order valence-corrected chi connectivity index (χ4v) is 3.63. The van der Waals surface area contributed by atoms with E-state index in [9.17, 15) is 0 Å². The van der Waals surface area contributed by atoms with Gasteiger partial charge in [0.15, 0.2) is 0 Å². The van der Waals surface area contributed by atoms with Crippen molar-refractivity contribution in [3.63, 3.8) is 0 Å². The minimum atomic E-state index is 0.849. The highest BCUT2D eigenvalue weighted by molar-refractivity contribution is 7.99. The van der Waals surface area contributed by atoms with Crippen LogP contribution in [0.1, 0.15) is 6.92 Å². The normalized spacial score (nSPS) is 12.7. The molecule has 1 aliphatic heterocycles. The summed E-state index contributed by atoms with van der Waals surface area (Å²) in [6, 6.07) is 17.2. The molecule has 3 heteroatoms. The molecule has 0 aromatic heterocycles. The van der Waals surface area contributed by atoms with Crippen molar-refractivity contribution in [2.45, 2.75) is 16.7 Å². The van der Waals surface area contributed by atoms with E-state index in [1.807, 2.05) is 11.8 Å². The van der Waals surface area contributed by atoms with E-state index in [2.05, 4.69) is 72.3 Å². The van der Waals surface area contributed by atoms with Gasteiger partial charge in [0.1, 0.15) is 0 Å². The standard InChI is InChI=1S/C18H20N2S/c1-3-19-12-14(2)13-20-15-8-4-6-10-17(15)21-18-11-7-5-9-16(18)20/h4-11,19H,2-3,12-13H2,1H3. The summed E-state index contributed by atoms with van der Waals surface area (Å²) >= 11 is 1.84. The van der Waals surface area contributed by atoms with Crippen LogP contribution >= 0.6 is 11.8 Å². The Labute approximate surface area is 130 Å². The summed E-state index contributed by atoms with van der Waals surface area (Å²) in [6.45, 7) is 9.03. The molecule has 0 radical (unpaired) electrons. The third-order valence-electron chi connectivity index (χ3n) is 3.54. The maximum absolute atomic E-state index is 4.22. The summed E-state index contributed by atoms with van der Waals surface area (Å²) < 4.78 is 0. The molecule has 2 aromatic rings. The fourth-order valence-electron chi connectivity index (χ4n) is 2.53. The van der Waals surface area contributed by atoms with Gasteiger partial charge in [-0.1, -0.05) is 49.5 Å². The number of benzene rings is 2. The molecular formula is C18H20N2S. The van der Waals surface area contributed by atoms with Crippen molar-refractivity contribution in [2.75, 3.05) is 24.5 Å². The highest BCUT2D eigenvalue weighted by atomic mass is 32.2. The SMILES string of the molecule is C=C(CNCC)CN1c2ccccc2Sc2ccccc21. The minimum absolute atomic E-state index is 0.849. The molecule has 1 heterocycles. The first kappa shape index (κ1) is 14.2. The first-order chi connectivity index (χ1) is 10.3. The van der Waals surface area contributed by atoms with E-state index in [-0.39, 0.29) is 0 Å². The van der Waals surface area contributed by atoms with Gasteiger partial charge in [0.2, 0.25) is 0 Å². The van der Waals surface area contributed by atoms with Crippen molar-refractivity contribution in [1.29, 1.82) is 0 Å². The van der Waals surface area contributed by atoms with Gasteiger partial charge in [-0.05, 0) is 36.4 Å². The lowest BCUT2D eigenvalue weighted by Crippen LogP contribution is -2.27. The third kappa shape index (κ3) is 2.99. The average molecular weight is 296 g/mol. The summed E-state index contributed by atoms with van der Waals surface area (Å²) in [4.78, 5) is 5.00. The molecule has 2 nitrogen and oxygen atoms in total. The van der Waals surface area contributed by atoms with Gasteiger partial charge in [-0.3, -0.25) is 0 Å². The van der Waals surface area contributed by atoms with E-state index in [0.29, 0.717) is 0 Å². The summed E-state index contributed by atoms with van der Waals surface area (Å²) in [5, 5.41) is 3.35. The van der Waals surface area contributed by atoms with Gasteiger partial charge in [0.05, 0.1) is 11.4 Å². The number of hydrogen-bond acceptors (Lipinski definition) is 3. The highest BCUT2D eigenvalue weighted by Gasteiger charge is 2.22. The molecule has 0 spiro atoms. The fraction of sp³-hybridized carbons (Fsp3) is 0.222. The first-order valence-electron chi connectivity index (χ1n) is 7.30. The van der Waals surface area contributed by atoms with Gasteiger partial charge in [0, 0.05) is 22.9 Å². The number of rotatable bonds is 5. The van der Waals surface area contributed by atoms with Gasteiger partial charge in [-0.25, -0.2) is 0 Å². The molecule has 0 fully saturated rings. The van der Waals surface area contributed by atoms with Crippen molar-refractivity contribution in [3.05, 3.63) is 60.7 Å². The third-order valence-corrected chi connectivity index (χ3v) is 4.67. The highest BCUT2D eigenvalue weighted by Crippen LogP contribution is 2.47. The first-order valence-corrected chi connectivity index (χ1v) is 8.12. The molecule has 0 amide bonds. The molecule has 0 bridgehead atoms. The lowest BCUT2D eigenvalue weighted by molar-refractivity contribution is 0.762. The number of nitrogens with zero attached hydrogens (tertiary/aromatic N) is 1. The van der Waals surface area contributed by atoms with E-state index >= 15 is 0 Å². The predicted molar refractivity (Wildman–Crippen MR) is 91.7 cm³/mol. The lowest BCUT2D eigenvalue weighted by Gasteiger charge is -2.33. The Morgan fingerprint density at radius 2 is 1.62 bits per heavy atom. The van der Waals surface area contributed by atoms with E-state index < -0.39 is 0 Å². The second kappa shape index (κ2) is 6.37. The summed E-state index contributed by atoms with van der Waals surface area (Å²) in [7, 11) is 0. The maximum Gasteiger partial charge on any atom is 0.0555 e. The molecule has 0 aliphatic carbocycles. The van der Waals surface area contributed by atoms with Crippen LogP contribution in [0.4, 0.5) is 11.4 Å². The van der Waals surface area contributed by atoms with Crippen LogP contribution in [-0.4, -0.2) is 19.6 Å². The maximum atomic E-state index is 4.22. The number of fused-ring (bicyclic) bond motifs is 2. The minimum Gasteiger partial charge on any atom is -0.335 e. The quantitative estimate of drug-likeness (QED) is 0.820. The average Bonchev–Trinajstić information content (AvgIpc) is 2.52. The van der Waals surface area contributed by atoms with E-state index in [0.717, 1.165) is 19.6 Å². The molecule has 21 heavy (non-hydrogen) atoms. The smallest absolute Gasteiger partial charge is 0.0555 e. The molecule has 0 atom stereocenters. The van der Waals surface area contributed by atoms with Crippen LogP contribution in [-0.2, 0) is 0 Å². The van der Waals surface area contributed by atoms with Crippen molar-refractivity contribution >= 4 is 23.1 Å². The monoisotopic (exact) mass is 296 g/mol. The topological polar surface area (TPSA) is 15.3 Å². The number of nitrogens with one attached hydrogen (secondary N) is 1. The molecule has 0 saturated carbocycles. The van der Waals surface area contributed by atoms with Gasteiger partial charge in [-0.15, -0.1) is 0 Å². The molecule has 0 saturated heterocycles. The zero-order valence-electron chi connectivity index (χ0n) is 12.3.